The third kappa shape index (κ3) is 5.77. The number of nitrogens with zero attached hydrogens (tertiary/aromatic N) is 4. The molecule has 1 aromatic carbocycles. The molecule has 0 spiro atoms. The Kier molecular flexibility index (Phi) is 9.36. The molecule has 24 heavy (non-hydrogen) atoms. The van der Waals surface area contributed by atoms with Gasteiger partial charge in [-0.25, -0.2) is 4.99 Å². The largest absolute Gasteiger partial charge is 0.357 e. The quantitative estimate of drug-likeness (QED) is 0.393. The van der Waals surface area contributed by atoms with Crippen LogP contribution in [0, 0.1) is 0 Å². The zero-order valence-electron chi connectivity index (χ0n) is 14.6. The van der Waals surface area contributed by atoms with Crippen molar-refractivity contribution in [2.75, 3.05) is 6.54 Å². The van der Waals surface area contributed by atoms with E-state index in [0.29, 0.717) is 13.1 Å². The van der Waals surface area contributed by atoms with Gasteiger partial charge in [-0.15, -0.1) is 34.2 Å². The first kappa shape index (κ1) is 20.4. The van der Waals surface area contributed by atoms with E-state index >= 15 is 0 Å². The van der Waals surface area contributed by atoms with E-state index < -0.39 is 0 Å². The van der Waals surface area contributed by atoms with Crippen molar-refractivity contribution >= 4 is 29.9 Å². The fourth-order valence-electron chi connectivity index (χ4n) is 2.41. The average molecular weight is 442 g/mol. The number of halogens is 1. The summed E-state index contributed by atoms with van der Waals surface area (Å²) < 4.78 is 2.02. The summed E-state index contributed by atoms with van der Waals surface area (Å²) >= 11 is 0. The smallest absolute Gasteiger partial charge is 0.191 e. The number of rotatable bonds is 7. The first-order valence-corrected chi connectivity index (χ1v) is 8.24. The van der Waals surface area contributed by atoms with Crippen LogP contribution in [0.5, 0.6) is 0 Å². The Balaban J connectivity index is 0.00000288. The van der Waals surface area contributed by atoms with E-state index in [9.17, 15) is 0 Å². The maximum absolute atomic E-state index is 4.68. The molecule has 0 saturated carbocycles. The minimum atomic E-state index is 0. The van der Waals surface area contributed by atoms with Crippen molar-refractivity contribution in [1.29, 1.82) is 0 Å². The van der Waals surface area contributed by atoms with Gasteiger partial charge in [0.15, 0.2) is 11.8 Å². The molecule has 0 amide bonds. The van der Waals surface area contributed by atoms with E-state index in [2.05, 4.69) is 70.9 Å². The molecular weight excluding hydrogens is 415 g/mol. The molecule has 2 N–H and O–H groups in total. The molecule has 0 radical (unpaired) electrons. The minimum Gasteiger partial charge on any atom is -0.357 e. The van der Waals surface area contributed by atoms with E-state index in [0.717, 1.165) is 31.3 Å². The van der Waals surface area contributed by atoms with E-state index in [1.165, 1.54) is 11.1 Å². The topological polar surface area (TPSA) is 67.1 Å². The highest BCUT2D eigenvalue weighted by molar-refractivity contribution is 14.0. The lowest BCUT2D eigenvalue weighted by Gasteiger charge is -2.12. The molecule has 0 atom stereocenters. The summed E-state index contributed by atoms with van der Waals surface area (Å²) in [5, 5.41) is 14.7. The van der Waals surface area contributed by atoms with Gasteiger partial charge < -0.3 is 15.2 Å². The molecule has 0 aliphatic rings. The number of aromatic nitrogens is 3. The van der Waals surface area contributed by atoms with Gasteiger partial charge in [-0.1, -0.05) is 31.2 Å². The van der Waals surface area contributed by atoms with Crippen LogP contribution in [0.15, 0.2) is 35.6 Å². The van der Waals surface area contributed by atoms with Crippen molar-refractivity contribution in [1.82, 2.24) is 25.4 Å². The molecular formula is C17H27IN6. The maximum atomic E-state index is 4.68. The van der Waals surface area contributed by atoms with Gasteiger partial charge in [-0.2, -0.15) is 0 Å². The molecule has 132 valence electrons. The number of aliphatic imine (C=N–C) groups is 1. The van der Waals surface area contributed by atoms with Gasteiger partial charge in [-0.05, 0) is 31.4 Å². The number of benzene rings is 1. The second-order valence-electron chi connectivity index (χ2n) is 5.20. The number of hydrogen-bond donors (Lipinski definition) is 2. The highest BCUT2D eigenvalue weighted by atomic mass is 127. The van der Waals surface area contributed by atoms with Crippen molar-refractivity contribution in [2.45, 2.75) is 46.8 Å². The fraction of sp³-hybridized carbons (Fsp3) is 0.471. The summed E-state index contributed by atoms with van der Waals surface area (Å²) in [7, 11) is 0. The summed E-state index contributed by atoms with van der Waals surface area (Å²) in [4.78, 5) is 4.68. The lowest BCUT2D eigenvalue weighted by atomic mass is 10.1. The summed E-state index contributed by atoms with van der Waals surface area (Å²) in [6.07, 6.45) is 2.77. The van der Waals surface area contributed by atoms with Crippen molar-refractivity contribution < 1.29 is 0 Å². The number of guanidine groups is 1. The Bertz CT molecular complexity index is 638. The van der Waals surface area contributed by atoms with Crippen LogP contribution in [-0.4, -0.2) is 27.3 Å². The Morgan fingerprint density at radius 1 is 1.12 bits per heavy atom. The highest BCUT2D eigenvalue weighted by Crippen LogP contribution is 2.10. The summed E-state index contributed by atoms with van der Waals surface area (Å²) in [6.45, 7) is 9.27. The monoisotopic (exact) mass is 442 g/mol. The Morgan fingerprint density at radius 2 is 1.88 bits per heavy atom. The van der Waals surface area contributed by atoms with Crippen LogP contribution in [0.2, 0.25) is 0 Å². The molecule has 2 rings (SSSR count). The molecule has 1 aromatic heterocycles. The molecule has 6 nitrogen and oxygen atoms in total. The maximum Gasteiger partial charge on any atom is 0.191 e. The Labute approximate surface area is 161 Å². The van der Waals surface area contributed by atoms with Crippen LogP contribution >= 0.6 is 24.0 Å². The van der Waals surface area contributed by atoms with Crippen molar-refractivity contribution in [3.05, 3.63) is 47.5 Å². The number of hydrogen-bond acceptors (Lipinski definition) is 3. The van der Waals surface area contributed by atoms with Crippen LogP contribution in [0.3, 0.4) is 0 Å². The van der Waals surface area contributed by atoms with Crippen LogP contribution in [0.1, 0.15) is 37.7 Å². The van der Waals surface area contributed by atoms with Gasteiger partial charge >= 0.3 is 0 Å². The third-order valence-corrected chi connectivity index (χ3v) is 3.70. The summed E-state index contributed by atoms with van der Waals surface area (Å²) in [5.74, 6) is 1.70. The Morgan fingerprint density at radius 3 is 2.54 bits per heavy atom. The minimum absolute atomic E-state index is 0. The molecule has 2 aromatic rings. The van der Waals surface area contributed by atoms with Gasteiger partial charge in [0, 0.05) is 13.1 Å². The molecule has 1 heterocycles. The van der Waals surface area contributed by atoms with E-state index in [-0.39, 0.29) is 24.0 Å². The molecule has 0 aliphatic carbocycles. The van der Waals surface area contributed by atoms with Gasteiger partial charge in [0.25, 0.3) is 0 Å². The zero-order chi connectivity index (χ0) is 16.5. The second-order valence-corrected chi connectivity index (χ2v) is 5.20. The van der Waals surface area contributed by atoms with Crippen molar-refractivity contribution in [3.8, 4) is 0 Å². The SMILES string of the molecule is CCNC(=NCc1ccccc1CC)NCc1nncn1CC.I. The van der Waals surface area contributed by atoms with Crippen LogP contribution < -0.4 is 10.6 Å². The zero-order valence-corrected chi connectivity index (χ0v) is 16.9. The van der Waals surface area contributed by atoms with E-state index in [4.69, 9.17) is 0 Å². The van der Waals surface area contributed by atoms with Crippen molar-refractivity contribution in [2.24, 2.45) is 4.99 Å². The molecule has 0 fully saturated rings. The summed E-state index contributed by atoms with van der Waals surface area (Å²) in [6, 6.07) is 8.44. The normalized spacial score (nSPS) is 11.0. The predicted octanol–water partition coefficient (Wildman–Crippen LogP) is 2.73. The van der Waals surface area contributed by atoms with Crippen LogP contribution in [-0.2, 0) is 26.1 Å². The first-order valence-electron chi connectivity index (χ1n) is 8.24. The van der Waals surface area contributed by atoms with E-state index in [1.807, 2.05) is 4.57 Å². The predicted molar refractivity (Wildman–Crippen MR) is 109 cm³/mol. The van der Waals surface area contributed by atoms with Gasteiger partial charge in [0.05, 0.1) is 13.1 Å². The molecule has 0 unspecified atom stereocenters. The molecule has 7 heteroatoms. The summed E-state index contributed by atoms with van der Waals surface area (Å²) in [5.41, 5.74) is 2.61. The lowest BCUT2D eigenvalue weighted by molar-refractivity contribution is 0.670. The van der Waals surface area contributed by atoms with Gasteiger partial charge in [0.2, 0.25) is 0 Å². The van der Waals surface area contributed by atoms with Crippen LogP contribution in [0.25, 0.3) is 0 Å². The molecule has 0 saturated heterocycles. The van der Waals surface area contributed by atoms with Gasteiger partial charge in [0.1, 0.15) is 6.33 Å². The second kappa shape index (κ2) is 11.0. The van der Waals surface area contributed by atoms with Crippen molar-refractivity contribution in [3.63, 3.8) is 0 Å². The van der Waals surface area contributed by atoms with Gasteiger partial charge in [-0.3, -0.25) is 0 Å². The Hall–Kier alpha value is -1.64. The van der Waals surface area contributed by atoms with Crippen LogP contribution in [0.4, 0.5) is 0 Å². The molecule has 0 aliphatic heterocycles. The average Bonchev–Trinajstić information content (AvgIpc) is 3.05. The first-order chi connectivity index (χ1) is 11.3. The number of aryl methyl sites for hydroxylation is 2. The third-order valence-electron chi connectivity index (χ3n) is 3.70. The lowest BCUT2D eigenvalue weighted by Crippen LogP contribution is -2.37. The molecule has 0 bridgehead atoms. The van der Waals surface area contributed by atoms with E-state index in [1.54, 1.807) is 6.33 Å². The standard InChI is InChI=1S/C17H26N6.HI/c1-4-14-9-7-8-10-15(14)11-19-17(18-5-2)20-12-16-22-21-13-23(16)6-3;/h7-10,13H,4-6,11-12H2,1-3H3,(H2,18,19,20);1H. The number of nitrogens with one attached hydrogen (secondary N) is 2. The highest BCUT2D eigenvalue weighted by Gasteiger charge is 2.05. The fourth-order valence-corrected chi connectivity index (χ4v) is 2.41.